The predicted octanol–water partition coefficient (Wildman–Crippen LogP) is 3.33. The summed E-state index contributed by atoms with van der Waals surface area (Å²) in [4.78, 5) is 22.6. The van der Waals surface area contributed by atoms with Crippen molar-refractivity contribution in [3.05, 3.63) is 29.6 Å². The van der Waals surface area contributed by atoms with Crippen LogP contribution in [0.5, 0.6) is 0 Å². The summed E-state index contributed by atoms with van der Waals surface area (Å²) in [6, 6.07) is 2.96. The highest BCUT2D eigenvalue weighted by molar-refractivity contribution is 5.93. The molecule has 0 bridgehead atoms. The average Bonchev–Trinajstić information content (AvgIpc) is 2.36. The lowest BCUT2D eigenvalue weighted by Gasteiger charge is -2.27. The molecule has 0 aromatic heterocycles. The van der Waals surface area contributed by atoms with Gasteiger partial charge in [0.1, 0.15) is 5.82 Å². The van der Waals surface area contributed by atoms with Crippen LogP contribution in [0.2, 0.25) is 0 Å². The Morgan fingerprint density at radius 1 is 1.33 bits per heavy atom. The molecule has 1 rings (SSSR count). The molecule has 1 unspecified atom stereocenters. The van der Waals surface area contributed by atoms with E-state index in [4.69, 9.17) is 5.11 Å². The Labute approximate surface area is 123 Å². The lowest BCUT2D eigenvalue weighted by atomic mass is 9.82. The zero-order valence-electron chi connectivity index (χ0n) is 12.7. The van der Waals surface area contributed by atoms with Gasteiger partial charge in [0.15, 0.2) is 0 Å². The first-order valence-electron chi connectivity index (χ1n) is 6.69. The van der Waals surface area contributed by atoms with E-state index in [2.05, 4.69) is 31.4 Å². The fraction of sp³-hybridized carbons (Fsp3) is 0.467. The van der Waals surface area contributed by atoms with Gasteiger partial charge in [-0.2, -0.15) is 0 Å². The molecule has 1 aromatic carbocycles. The fourth-order valence-corrected chi connectivity index (χ4v) is 1.49. The van der Waals surface area contributed by atoms with E-state index < -0.39 is 23.4 Å². The van der Waals surface area contributed by atoms with Gasteiger partial charge in [0.2, 0.25) is 0 Å². The molecule has 3 N–H and O–H groups in total. The number of halogens is 1. The van der Waals surface area contributed by atoms with Crippen LogP contribution >= 0.6 is 0 Å². The van der Waals surface area contributed by atoms with E-state index in [0.717, 1.165) is 12.1 Å². The maximum absolute atomic E-state index is 13.2. The molecule has 0 saturated carbocycles. The Bertz CT molecular complexity index is 538. The zero-order valence-corrected chi connectivity index (χ0v) is 12.7. The minimum Gasteiger partial charge on any atom is -0.478 e. The fourth-order valence-electron chi connectivity index (χ4n) is 1.49. The van der Waals surface area contributed by atoms with E-state index in [0.29, 0.717) is 6.54 Å². The standard InChI is InChI=1S/C15H21FN2O3/c1-9(15(2,3)4)8-17-14(21)18-10-5-6-12(16)11(7-10)13(19)20/h5-7,9H,8H2,1-4H3,(H,19,20)(H2,17,18,21). The van der Waals surface area contributed by atoms with E-state index in [1.54, 1.807) is 0 Å². The van der Waals surface area contributed by atoms with Gasteiger partial charge in [0, 0.05) is 12.2 Å². The molecule has 5 nitrogen and oxygen atoms in total. The molecule has 0 spiro atoms. The third-order valence-electron chi connectivity index (χ3n) is 3.50. The summed E-state index contributed by atoms with van der Waals surface area (Å²) in [6.45, 7) is 8.76. The largest absolute Gasteiger partial charge is 0.478 e. The number of hydrogen-bond donors (Lipinski definition) is 3. The molecular weight excluding hydrogens is 275 g/mol. The first kappa shape index (κ1) is 16.9. The van der Waals surface area contributed by atoms with Gasteiger partial charge in [0.05, 0.1) is 5.56 Å². The number of carbonyl (C=O) groups excluding carboxylic acids is 1. The van der Waals surface area contributed by atoms with E-state index in [1.807, 2.05) is 6.92 Å². The van der Waals surface area contributed by atoms with Gasteiger partial charge in [0.25, 0.3) is 0 Å². The van der Waals surface area contributed by atoms with Crippen LogP contribution in [0.1, 0.15) is 38.1 Å². The second kappa shape index (κ2) is 6.56. The van der Waals surface area contributed by atoms with E-state index in [1.165, 1.54) is 6.07 Å². The maximum atomic E-state index is 13.2. The van der Waals surface area contributed by atoms with E-state index in [9.17, 15) is 14.0 Å². The number of carbonyl (C=O) groups is 2. The first-order valence-corrected chi connectivity index (χ1v) is 6.69. The second-order valence-corrected chi connectivity index (χ2v) is 6.10. The number of carboxylic acid groups (broad SMARTS) is 1. The summed E-state index contributed by atoms with van der Waals surface area (Å²) in [5.74, 6) is -1.95. The number of carboxylic acids is 1. The van der Waals surface area contributed by atoms with Crippen molar-refractivity contribution in [2.45, 2.75) is 27.7 Å². The molecule has 0 aliphatic rings. The number of urea groups is 1. The van der Waals surface area contributed by atoms with Crippen LogP contribution < -0.4 is 10.6 Å². The van der Waals surface area contributed by atoms with Crippen LogP contribution in [0.3, 0.4) is 0 Å². The van der Waals surface area contributed by atoms with Crippen molar-refractivity contribution in [3.8, 4) is 0 Å². The molecule has 1 aromatic rings. The Kier molecular flexibility index (Phi) is 5.29. The maximum Gasteiger partial charge on any atom is 0.338 e. The normalized spacial score (nSPS) is 12.6. The third kappa shape index (κ3) is 5.06. The number of amides is 2. The van der Waals surface area contributed by atoms with Crippen molar-refractivity contribution in [2.75, 3.05) is 11.9 Å². The predicted molar refractivity (Wildman–Crippen MR) is 79.0 cm³/mol. The molecule has 0 saturated heterocycles. The molecule has 0 fully saturated rings. The molecular formula is C15H21FN2O3. The van der Waals surface area contributed by atoms with Crippen molar-refractivity contribution < 1.29 is 19.1 Å². The quantitative estimate of drug-likeness (QED) is 0.797. The number of anilines is 1. The average molecular weight is 296 g/mol. The SMILES string of the molecule is CC(CNC(=O)Nc1ccc(F)c(C(=O)O)c1)C(C)(C)C. The summed E-state index contributed by atoms with van der Waals surface area (Å²) in [5, 5.41) is 14.0. The monoisotopic (exact) mass is 296 g/mol. The van der Waals surface area contributed by atoms with Gasteiger partial charge in [-0.1, -0.05) is 27.7 Å². The molecule has 0 aliphatic carbocycles. The number of hydrogen-bond acceptors (Lipinski definition) is 2. The summed E-state index contributed by atoms with van der Waals surface area (Å²) in [6.07, 6.45) is 0. The van der Waals surface area contributed by atoms with Crippen LogP contribution in [0.4, 0.5) is 14.9 Å². The number of nitrogens with one attached hydrogen (secondary N) is 2. The molecule has 0 radical (unpaired) electrons. The Morgan fingerprint density at radius 2 is 1.95 bits per heavy atom. The van der Waals surface area contributed by atoms with Crippen molar-refractivity contribution in [1.82, 2.24) is 5.32 Å². The van der Waals surface area contributed by atoms with E-state index >= 15 is 0 Å². The molecule has 0 aliphatic heterocycles. The first-order chi connectivity index (χ1) is 9.61. The molecule has 6 heteroatoms. The summed E-state index contributed by atoms with van der Waals surface area (Å²) in [7, 11) is 0. The van der Waals surface area contributed by atoms with Crippen molar-refractivity contribution in [2.24, 2.45) is 11.3 Å². The number of rotatable bonds is 4. The van der Waals surface area contributed by atoms with Gasteiger partial charge in [-0.15, -0.1) is 0 Å². The van der Waals surface area contributed by atoms with Crippen molar-refractivity contribution in [1.29, 1.82) is 0 Å². The number of benzene rings is 1. The van der Waals surface area contributed by atoms with Crippen LogP contribution in [0.15, 0.2) is 18.2 Å². The lowest BCUT2D eigenvalue weighted by Crippen LogP contribution is -2.36. The molecule has 1 atom stereocenters. The minimum atomic E-state index is -1.38. The van der Waals surface area contributed by atoms with Gasteiger partial charge < -0.3 is 15.7 Å². The highest BCUT2D eigenvalue weighted by Crippen LogP contribution is 2.24. The molecule has 0 heterocycles. The molecule has 116 valence electrons. The Balaban J connectivity index is 2.64. The van der Waals surface area contributed by atoms with Crippen LogP contribution in [-0.2, 0) is 0 Å². The third-order valence-corrected chi connectivity index (χ3v) is 3.50. The topological polar surface area (TPSA) is 78.4 Å². The van der Waals surface area contributed by atoms with Gasteiger partial charge in [-0.3, -0.25) is 0 Å². The van der Waals surface area contributed by atoms with Crippen LogP contribution in [-0.4, -0.2) is 23.7 Å². The lowest BCUT2D eigenvalue weighted by molar-refractivity contribution is 0.0692. The molecule has 21 heavy (non-hydrogen) atoms. The smallest absolute Gasteiger partial charge is 0.338 e. The zero-order chi connectivity index (χ0) is 16.2. The second-order valence-electron chi connectivity index (χ2n) is 6.10. The molecule has 2 amide bonds. The van der Waals surface area contributed by atoms with Gasteiger partial charge >= 0.3 is 12.0 Å². The number of aromatic carboxylic acids is 1. The summed E-state index contributed by atoms with van der Waals surface area (Å²) in [5.41, 5.74) is -0.176. The van der Waals surface area contributed by atoms with Crippen molar-refractivity contribution in [3.63, 3.8) is 0 Å². The minimum absolute atomic E-state index is 0.0691. The highest BCUT2D eigenvalue weighted by Gasteiger charge is 2.20. The van der Waals surface area contributed by atoms with Gasteiger partial charge in [-0.25, -0.2) is 14.0 Å². The summed E-state index contributed by atoms with van der Waals surface area (Å²) < 4.78 is 13.2. The summed E-state index contributed by atoms with van der Waals surface area (Å²) >= 11 is 0. The van der Waals surface area contributed by atoms with Crippen LogP contribution in [0.25, 0.3) is 0 Å². The highest BCUT2D eigenvalue weighted by atomic mass is 19.1. The van der Waals surface area contributed by atoms with Crippen LogP contribution in [0, 0.1) is 17.2 Å². The Morgan fingerprint density at radius 3 is 2.48 bits per heavy atom. The van der Waals surface area contributed by atoms with Crippen molar-refractivity contribution >= 4 is 17.7 Å². The van der Waals surface area contributed by atoms with Gasteiger partial charge in [-0.05, 0) is 29.5 Å². The Hall–Kier alpha value is -2.11. The van der Waals surface area contributed by atoms with E-state index in [-0.39, 0.29) is 17.0 Å².